The molecular formula is C21H24N4O3S. The molecule has 1 aromatic carbocycles. The molecule has 1 amide bonds. The van der Waals surface area contributed by atoms with E-state index in [0.717, 1.165) is 35.3 Å². The van der Waals surface area contributed by atoms with Gasteiger partial charge in [-0.2, -0.15) is 4.68 Å². The number of carbonyl (C=O) groups is 1. The zero-order valence-corrected chi connectivity index (χ0v) is 17.6. The molecule has 152 valence electrons. The van der Waals surface area contributed by atoms with Crippen molar-refractivity contribution in [1.29, 1.82) is 0 Å². The van der Waals surface area contributed by atoms with Crippen LogP contribution in [0.5, 0.6) is 0 Å². The summed E-state index contributed by atoms with van der Waals surface area (Å²) in [5, 5.41) is 0.395. The zero-order valence-electron chi connectivity index (χ0n) is 16.8. The van der Waals surface area contributed by atoms with Crippen LogP contribution in [0.15, 0.2) is 32.7 Å². The van der Waals surface area contributed by atoms with Gasteiger partial charge in [-0.1, -0.05) is 12.8 Å². The first-order valence-corrected chi connectivity index (χ1v) is 10.5. The van der Waals surface area contributed by atoms with Crippen molar-refractivity contribution in [2.24, 2.45) is 5.41 Å². The quantitative estimate of drug-likeness (QED) is 0.561. The lowest BCUT2D eigenvalue weighted by Crippen LogP contribution is -2.47. The Labute approximate surface area is 173 Å². The summed E-state index contributed by atoms with van der Waals surface area (Å²) in [6.07, 6.45) is 4.32. The van der Waals surface area contributed by atoms with Crippen LogP contribution < -0.4 is 21.4 Å². The van der Waals surface area contributed by atoms with Gasteiger partial charge in [0.2, 0.25) is 0 Å². The van der Waals surface area contributed by atoms with Gasteiger partial charge < -0.3 is 0 Å². The van der Waals surface area contributed by atoms with Gasteiger partial charge in [-0.15, -0.1) is 0 Å². The molecule has 29 heavy (non-hydrogen) atoms. The van der Waals surface area contributed by atoms with E-state index in [4.69, 9.17) is 0 Å². The SMILES string of the molecule is CC#CC(=O)Nn1c(=O)c2cc(SNC3(C)CC3)ccc2n(CC2(C)CC2)c1=O. The average molecular weight is 413 g/mol. The van der Waals surface area contributed by atoms with Crippen molar-refractivity contribution in [2.45, 2.75) is 63.4 Å². The summed E-state index contributed by atoms with van der Waals surface area (Å²) < 4.78 is 5.80. The molecule has 0 bridgehead atoms. The molecule has 0 saturated heterocycles. The van der Waals surface area contributed by atoms with Gasteiger partial charge >= 0.3 is 11.6 Å². The van der Waals surface area contributed by atoms with Crippen LogP contribution in [0.4, 0.5) is 0 Å². The number of nitrogens with one attached hydrogen (secondary N) is 2. The van der Waals surface area contributed by atoms with Gasteiger partial charge in [-0.25, -0.2) is 10.2 Å². The van der Waals surface area contributed by atoms with Crippen LogP contribution in [0.2, 0.25) is 0 Å². The molecule has 8 heteroatoms. The number of hydrogen-bond donors (Lipinski definition) is 2. The maximum absolute atomic E-state index is 13.0. The molecule has 2 fully saturated rings. The maximum Gasteiger partial charge on any atom is 0.350 e. The Hall–Kier alpha value is -2.50. The molecule has 0 unspecified atom stereocenters. The van der Waals surface area contributed by atoms with Crippen LogP contribution in [0.3, 0.4) is 0 Å². The summed E-state index contributed by atoms with van der Waals surface area (Å²) in [6.45, 7) is 6.30. The van der Waals surface area contributed by atoms with E-state index in [1.54, 1.807) is 10.6 Å². The fourth-order valence-corrected chi connectivity index (χ4v) is 4.02. The number of nitrogens with zero attached hydrogens (tertiary/aromatic N) is 2. The first-order chi connectivity index (χ1) is 13.7. The van der Waals surface area contributed by atoms with E-state index in [0.29, 0.717) is 17.4 Å². The summed E-state index contributed by atoms with van der Waals surface area (Å²) in [4.78, 5) is 38.9. The Morgan fingerprint density at radius 3 is 2.55 bits per heavy atom. The van der Waals surface area contributed by atoms with Gasteiger partial charge in [0.1, 0.15) is 0 Å². The van der Waals surface area contributed by atoms with Gasteiger partial charge in [0, 0.05) is 17.0 Å². The molecule has 2 saturated carbocycles. The molecule has 0 aliphatic heterocycles. The molecule has 0 radical (unpaired) electrons. The Balaban J connectivity index is 1.81. The standard InChI is InChI=1S/C21H24N4O3S/c1-4-5-17(26)22-25-18(27)15-12-14(29-23-21(3)10-11-21)6-7-16(15)24(19(25)28)13-20(2)8-9-20/h6-7,12,23H,8-11,13H2,1-3H3,(H,22,26). The number of rotatable bonds is 6. The molecule has 4 rings (SSSR count). The van der Waals surface area contributed by atoms with Crippen molar-refractivity contribution in [3.8, 4) is 11.8 Å². The van der Waals surface area contributed by atoms with Crippen molar-refractivity contribution in [1.82, 2.24) is 14.0 Å². The van der Waals surface area contributed by atoms with Crippen molar-refractivity contribution in [3.63, 3.8) is 0 Å². The lowest BCUT2D eigenvalue weighted by molar-refractivity contribution is -0.112. The second-order valence-corrected chi connectivity index (χ2v) is 9.46. The smallest absolute Gasteiger partial charge is 0.291 e. The van der Waals surface area contributed by atoms with Gasteiger partial charge in [-0.3, -0.25) is 18.9 Å². The average Bonchev–Trinajstić information content (AvgIpc) is 3.60. The molecule has 2 aliphatic rings. The van der Waals surface area contributed by atoms with E-state index in [2.05, 4.69) is 35.8 Å². The van der Waals surface area contributed by atoms with E-state index < -0.39 is 17.2 Å². The fourth-order valence-electron chi connectivity index (χ4n) is 3.14. The van der Waals surface area contributed by atoms with Crippen molar-refractivity contribution >= 4 is 28.8 Å². The highest BCUT2D eigenvalue weighted by Gasteiger charge is 2.39. The van der Waals surface area contributed by atoms with Crippen LogP contribution in [-0.2, 0) is 11.3 Å². The molecule has 2 aromatic rings. The van der Waals surface area contributed by atoms with Crippen LogP contribution in [0.25, 0.3) is 10.9 Å². The van der Waals surface area contributed by atoms with E-state index in [-0.39, 0.29) is 11.0 Å². The van der Waals surface area contributed by atoms with Crippen LogP contribution in [0, 0.1) is 17.3 Å². The lowest BCUT2D eigenvalue weighted by atomic mass is 10.1. The van der Waals surface area contributed by atoms with E-state index in [9.17, 15) is 14.4 Å². The topological polar surface area (TPSA) is 85.1 Å². The highest BCUT2D eigenvalue weighted by Crippen LogP contribution is 2.46. The van der Waals surface area contributed by atoms with Gasteiger partial charge in [-0.05, 0) is 81.0 Å². The monoisotopic (exact) mass is 412 g/mol. The van der Waals surface area contributed by atoms with Crippen LogP contribution in [0.1, 0.15) is 46.5 Å². The highest BCUT2D eigenvalue weighted by molar-refractivity contribution is 7.97. The Morgan fingerprint density at radius 1 is 1.21 bits per heavy atom. The molecule has 2 aliphatic carbocycles. The Bertz CT molecular complexity index is 1180. The highest BCUT2D eigenvalue weighted by atomic mass is 32.2. The summed E-state index contributed by atoms with van der Waals surface area (Å²) in [5.41, 5.74) is 2.02. The second kappa shape index (κ2) is 7.08. The number of benzene rings is 1. The predicted molar refractivity (Wildman–Crippen MR) is 114 cm³/mol. The minimum Gasteiger partial charge on any atom is -0.291 e. The van der Waals surface area contributed by atoms with E-state index >= 15 is 0 Å². The number of fused-ring (bicyclic) bond motifs is 1. The molecule has 1 heterocycles. The maximum atomic E-state index is 13.0. The number of amides is 1. The van der Waals surface area contributed by atoms with E-state index in [1.165, 1.54) is 18.9 Å². The zero-order chi connectivity index (χ0) is 20.8. The molecular weight excluding hydrogens is 388 g/mol. The molecule has 2 N–H and O–H groups in total. The molecule has 7 nitrogen and oxygen atoms in total. The minimum absolute atomic E-state index is 0.0434. The van der Waals surface area contributed by atoms with Crippen LogP contribution in [-0.4, -0.2) is 20.7 Å². The van der Waals surface area contributed by atoms with E-state index in [1.807, 2.05) is 12.1 Å². The van der Waals surface area contributed by atoms with Gasteiger partial charge in [0.25, 0.3) is 5.56 Å². The third kappa shape index (κ3) is 4.11. The largest absolute Gasteiger partial charge is 0.350 e. The number of hydrogen-bond acceptors (Lipinski definition) is 5. The van der Waals surface area contributed by atoms with Crippen molar-refractivity contribution < 1.29 is 4.79 Å². The number of carbonyl (C=O) groups excluding carboxylic acids is 1. The first-order valence-electron chi connectivity index (χ1n) is 9.71. The summed E-state index contributed by atoms with van der Waals surface area (Å²) in [5.74, 6) is 4.09. The van der Waals surface area contributed by atoms with Gasteiger partial charge in [0.05, 0.1) is 10.9 Å². The lowest BCUT2D eigenvalue weighted by Gasteiger charge is -2.17. The fraction of sp³-hybridized carbons (Fsp3) is 0.476. The van der Waals surface area contributed by atoms with Crippen molar-refractivity contribution in [2.75, 3.05) is 5.43 Å². The van der Waals surface area contributed by atoms with Crippen molar-refractivity contribution in [3.05, 3.63) is 39.0 Å². The first kappa shape index (κ1) is 19.8. The predicted octanol–water partition coefficient (Wildman–Crippen LogP) is 2.21. The third-order valence-corrected chi connectivity index (χ3v) is 6.71. The normalized spacial score (nSPS) is 18.0. The molecule has 0 atom stereocenters. The Kier molecular flexibility index (Phi) is 4.83. The third-order valence-electron chi connectivity index (χ3n) is 5.63. The number of aromatic nitrogens is 2. The second-order valence-electron chi connectivity index (χ2n) is 8.58. The Morgan fingerprint density at radius 2 is 1.93 bits per heavy atom. The van der Waals surface area contributed by atoms with Gasteiger partial charge in [0.15, 0.2) is 0 Å². The molecule has 1 aromatic heterocycles. The molecule has 0 spiro atoms. The summed E-state index contributed by atoms with van der Waals surface area (Å²) in [6, 6.07) is 5.52. The summed E-state index contributed by atoms with van der Waals surface area (Å²) in [7, 11) is 0. The summed E-state index contributed by atoms with van der Waals surface area (Å²) >= 11 is 1.48. The van der Waals surface area contributed by atoms with Crippen LogP contribution >= 0.6 is 11.9 Å². The minimum atomic E-state index is -0.691.